The van der Waals surface area contributed by atoms with Crippen LogP contribution in [-0.4, -0.2) is 22.6 Å². The summed E-state index contributed by atoms with van der Waals surface area (Å²) in [5.74, 6) is 2.17. The molecule has 0 saturated carbocycles. The van der Waals surface area contributed by atoms with Gasteiger partial charge in [0.1, 0.15) is 5.82 Å². The normalized spacial score (nSPS) is 12.6. The molecule has 16 heavy (non-hydrogen) atoms. The zero-order valence-electron chi connectivity index (χ0n) is 10.6. The second kappa shape index (κ2) is 6.30. The van der Waals surface area contributed by atoms with Gasteiger partial charge >= 0.3 is 0 Å². The lowest BCUT2D eigenvalue weighted by Crippen LogP contribution is -2.16. The molecule has 0 radical (unpaired) electrons. The van der Waals surface area contributed by atoms with Crippen LogP contribution in [0.2, 0.25) is 0 Å². The number of anilines is 2. The van der Waals surface area contributed by atoms with Gasteiger partial charge in [-0.25, -0.2) is 4.98 Å². The fourth-order valence-electron chi connectivity index (χ4n) is 1.17. The molecule has 2 N–H and O–H groups in total. The lowest BCUT2D eigenvalue weighted by Gasteiger charge is -2.13. The van der Waals surface area contributed by atoms with Gasteiger partial charge in [-0.3, -0.25) is 0 Å². The summed E-state index contributed by atoms with van der Waals surface area (Å²) in [6.07, 6.45) is 2.86. The molecule has 0 amide bonds. The molecule has 1 unspecified atom stereocenters. The van der Waals surface area contributed by atoms with Crippen molar-refractivity contribution in [2.45, 2.75) is 40.2 Å². The lowest BCUT2D eigenvalue weighted by molar-refractivity contribution is 0.684. The molecule has 0 saturated heterocycles. The van der Waals surface area contributed by atoms with E-state index in [9.17, 15) is 0 Å². The molecule has 1 heterocycles. The molecule has 0 fully saturated rings. The van der Waals surface area contributed by atoms with Crippen LogP contribution in [0.4, 0.5) is 11.8 Å². The van der Waals surface area contributed by atoms with Crippen LogP contribution in [0.1, 0.15) is 34.1 Å². The number of rotatable bonds is 6. The quantitative estimate of drug-likeness (QED) is 0.777. The van der Waals surface area contributed by atoms with Crippen molar-refractivity contribution in [2.75, 3.05) is 17.2 Å². The van der Waals surface area contributed by atoms with Crippen LogP contribution in [0.3, 0.4) is 0 Å². The van der Waals surface area contributed by atoms with Crippen LogP contribution in [0.5, 0.6) is 0 Å². The lowest BCUT2D eigenvalue weighted by atomic mass is 10.2. The molecule has 4 heteroatoms. The predicted octanol–water partition coefficient (Wildman–Crippen LogP) is 2.75. The Morgan fingerprint density at radius 3 is 2.69 bits per heavy atom. The minimum atomic E-state index is 0.438. The first kappa shape index (κ1) is 12.7. The highest BCUT2D eigenvalue weighted by Crippen LogP contribution is 2.08. The maximum Gasteiger partial charge on any atom is 0.224 e. The number of hydrogen-bond acceptors (Lipinski definition) is 4. The van der Waals surface area contributed by atoms with Crippen molar-refractivity contribution in [1.29, 1.82) is 0 Å². The first-order chi connectivity index (χ1) is 7.61. The first-order valence-corrected chi connectivity index (χ1v) is 5.95. The van der Waals surface area contributed by atoms with Gasteiger partial charge in [0.15, 0.2) is 0 Å². The molecular formula is C12H22N4. The van der Waals surface area contributed by atoms with Crippen molar-refractivity contribution in [3.63, 3.8) is 0 Å². The van der Waals surface area contributed by atoms with Crippen molar-refractivity contribution in [1.82, 2.24) is 9.97 Å². The van der Waals surface area contributed by atoms with Gasteiger partial charge in [0.25, 0.3) is 0 Å². The van der Waals surface area contributed by atoms with Gasteiger partial charge in [0, 0.05) is 18.8 Å². The van der Waals surface area contributed by atoms with Crippen molar-refractivity contribution in [2.24, 2.45) is 5.92 Å². The SMILES string of the molecule is CCC(C)Nc1ccnc(NCC(C)C)n1. The van der Waals surface area contributed by atoms with E-state index in [2.05, 4.69) is 48.3 Å². The topological polar surface area (TPSA) is 49.8 Å². The summed E-state index contributed by atoms with van der Waals surface area (Å²) in [5, 5.41) is 6.54. The Hall–Kier alpha value is -1.32. The van der Waals surface area contributed by atoms with E-state index in [0.29, 0.717) is 17.9 Å². The summed E-state index contributed by atoms with van der Waals surface area (Å²) in [4.78, 5) is 8.58. The van der Waals surface area contributed by atoms with Crippen molar-refractivity contribution in [3.05, 3.63) is 12.3 Å². The largest absolute Gasteiger partial charge is 0.367 e. The van der Waals surface area contributed by atoms with Crippen LogP contribution >= 0.6 is 0 Å². The molecular weight excluding hydrogens is 200 g/mol. The molecule has 0 aromatic carbocycles. The van der Waals surface area contributed by atoms with Gasteiger partial charge < -0.3 is 10.6 Å². The summed E-state index contributed by atoms with van der Waals surface area (Å²) >= 11 is 0. The molecule has 1 aromatic rings. The summed E-state index contributed by atoms with van der Waals surface area (Å²) in [6.45, 7) is 9.51. The number of nitrogens with one attached hydrogen (secondary N) is 2. The number of hydrogen-bond donors (Lipinski definition) is 2. The monoisotopic (exact) mass is 222 g/mol. The van der Waals surface area contributed by atoms with Crippen LogP contribution < -0.4 is 10.6 Å². The van der Waals surface area contributed by atoms with E-state index in [1.54, 1.807) is 6.20 Å². The summed E-state index contributed by atoms with van der Waals surface area (Å²) in [7, 11) is 0. The Bertz CT molecular complexity index is 312. The molecule has 90 valence electrons. The number of nitrogens with zero attached hydrogens (tertiary/aromatic N) is 2. The fourth-order valence-corrected chi connectivity index (χ4v) is 1.17. The van der Waals surface area contributed by atoms with Crippen LogP contribution in [0.25, 0.3) is 0 Å². The molecule has 4 nitrogen and oxygen atoms in total. The maximum absolute atomic E-state index is 4.40. The Labute approximate surface area is 97.9 Å². The summed E-state index contributed by atoms with van der Waals surface area (Å²) in [5.41, 5.74) is 0. The molecule has 0 aliphatic rings. The third-order valence-electron chi connectivity index (χ3n) is 2.33. The van der Waals surface area contributed by atoms with Crippen LogP contribution in [0, 0.1) is 5.92 Å². The van der Waals surface area contributed by atoms with E-state index < -0.39 is 0 Å². The Kier molecular flexibility index (Phi) is 5.02. The van der Waals surface area contributed by atoms with Gasteiger partial charge in [0.05, 0.1) is 0 Å². The van der Waals surface area contributed by atoms with Crippen LogP contribution in [0.15, 0.2) is 12.3 Å². The predicted molar refractivity (Wildman–Crippen MR) is 68.7 cm³/mol. The second-order valence-electron chi connectivity index (χ2n) is 4.49. The Morgan fingerprint density at radius 2 is 2.06 bits per heavy atom. The molecule has 1 rings (SSSR count). The molecule has 0 aliphatic heterocycles. The molecule has 1 atom stereocenters. The molecule has 0 spiro atoms. The average Bonchev–Trinajstić information content (AvgIpc) is 2.26. The van der Waals surface area contributed by atoms with E-state index in [1.807, 2.05) is 6.07 Å². The van der Waals surface area contributed by atoms with Gasteiger partial charge in [0.2, 0.25) is 5.95 Å². The van der Waals surface area contributed by atoms with Gasteiger partial charge in [-0.2, -0.15) is 4.98 Å². The Morgan fingerprint density at radius 1 is 1.31 bits per heavy atom. The smallest absolute Gasteiger partial charge is 0.224 e. The second-order valence-corrected chi connectivity index (χ2v) is 4.49. The number of aromatic nitrogens is 2. The van der Waals surface area contributed by atoms with Crippen molar-refractivity contribution in [3.8, 4) is 0 Å². The van der Waals surface area contributed by atoms with Gasteiger partial charge in [-0.1, -0.05) is 20.8 Å². The van der Waals surface area contributed by atoms with Crippen molar-refractivity contribution >= 4 is 11.8 Å². The van der Waals surface area contributed by atoms with Crippen molar-refractivity contribution < 1.29 is 0 Å². The minimum Gasteiger partial charge on any atom is -0.367 e. The highest BCUT2D eigenvalue weighted by atomic mass is 15.1. The van der Waals surface area contributed by atoms with Gasteiger partial charge in [-0.05, 0) is 25.3 Å². The molecule has 1 aromatic heterocycles. The highest BCUT2D eigenvalue weighted by molar-refractivity contribution is 5.40. The Balaban J connectivity index is 2.56. The standard InChI is InChI=1S/C12H22N4/c1-5-10(4)15-11-6-7-13-12(16-11)14-8-9(2)3/h6-7,9-10H,5,8H2,1-4H3,(H2,13,14,15,16). The van der Waals surface area contributed by atoms with E-state index in [4.69, 9.17) is 0 Å². The van der Waals surface area contributed by atoms with E-state index in [-0.39, 0.29) is 0 Å². The van der Waals surface area contributed by atoms with E-state index >= 15 is 0 Å². The average molecular weight is 222 g/mol. The minimum absolute atomic E-state index is 0.438. The van der Waals surface area contributed by atoms with E-state index in [1.165, 1.54) is 0 Å². The summed E-state index contributed by atoms with van der Waals surface area (Å²) in [6, 6.07) is 2.33. The third kappa shape index (κ3) is 4.47. The van der Waals surface area contributed by atoms with Crippen LogP contribution in [-0.2, 0) is 0 Å². The zero-order valence-corrected chi connectivity index (χ0v) is 10.6. The van der Waals surface area contributed by atoms with E-state index in [0.717, 1.165) is 18.8 Å². The highest BCUT2D eigenvalue weighted by Gasteiger charge is 2.02. The molecule has 0 aliphatic carbocycles. The first-order valence-electron chi connectivity index (χ1n) is 5.95. The fraction of sp³-hybridized carbons (Fsp3) is 0.667. The summed E-state index contributed by atoms with van der Waals surface area (Å²) < 4.78 is 0. The third-order valence-corrected chi connectivity index (χ3v) is 2.33. The molecule has 0 bridgehead atoms. The maximum atomic E-state index is 4.40. The van der Waals surface area contributed by atoms with Gasteiger partial charge in [-0.15, -0.1) is 0 Å². The zero-order chi connectivity index (χ0) is 12.0.